The number of halogens is 1. The third-order valence-corrected chi connectivity index (χ3v) is 3.27. The number of benzene rings is 1. The summed E-state index contributed by atoms with van der Waals surface area (Å²) in [5, 5.41) is 24.8. The average Bonchev–Trinajstić information content (AvgIpc) is 2.79. The number of aryl methyl sites for hydroxylation is 1. The van der Waals surface area contributed by atoms with Gasteiger partial charge in [-0.05, 0) is 24.1 Å². The number of nitrogens with zero attached hydrogens (tertiary/aromatic N) is 3. The molecule has 0 aliphatic carbocycles. The maximum Gasteiger partial charge on any atom is 0.313 e. The highest BCUT2D eigenvalue weighted by Crippen LogP contribution is 2.28. The van der Waals surface area contributed by atoms with Crippen molar-refractivity contribution in [2.75, 3.05) is 0 Å². The fourth-order valence-electron chi connectivity index (χ4n) is 2.04. The summed E-state index contributed by atoms with van der Waals surface area (Å²) in [7, 11) is 1.51. The quantitative estimate of drug-likeness (QED) is 0.675. The van der Waals surface area contributed by atoms with Crippen LogP contribution in [0, 0.1) is 10.1 Å². The van der Waals surface area contributed by atoms with Crippen LogP contribution < -0.4 is 0 Å². The van der Waals surface area contributed by atoms with E-state index in [0.29, 0.717) is 10.6 Å². The Balaban J connectivity index is 2.38. The minimum absolute atomic E-state index is 0.0510. The summed E-state index contributed by atoms with van der Waals surface area (Å²) in [5.74, 6) is -2.25. The van der Waals surface area contributed by atoms with Gasteiger partial charge in [-0.25, -0.2) is 0 Å². The number of hydrogen-bond acceptors (Lipinski definition) is 4. The predicted molar refractivity (Wildman–Crippen MR) is 75.4 cm³/mol. The topological polar surface area (TPSA) is 98.3 Å². The average molecular weight is 310 g/mol. The van der Waals surface area contributed by atoms with Crippen LogP contribution in [0.25, 0.3) is 0 Å². The van der Waals surface area contributed by atoms with E-state index in [-0.39, 0.29) is 17.8 Å². The Hall–Kier alpha value is -2.41. The SMILES string of the molecule is Cn1cc([N+](=O)[O-])c(C(Cc2ccc(Cl)cc2)C(=O)O)n1. The normalized spacial score (nSPS) is 12.1. The van der Waals surface area contributed by atoms with Gasteiger partial charge in [0.15, 0.2) is 5.69 Å². The third-order valence-electron chi connectivity index (χ3n) is 3.01. The smallest absolute Gasteiger partial charge is 0.313 e. The standard InChI is InChI=1S/C13H12ClN3O4/c1-16-7-11(17(20)21)12(15-16)10(13(18)19)6-8-2-4-9(14)5-3-8/h2-5,7,10H,6H2,1H3,(H,18,19). The van der Waals surface area contributed by atoms with Crippen LogP contribution in [0.15, 0.2) is 30.5 Å². The van der Waals surface area contributed by atoms with Crippen molar-refractivity contribution in [2.24, 2.45) is 7.05 Å². The van der Waals surface area contributed by atoms with E-state index in [2.05, 4.69) is 5.10 Å². The number of carboxylic acids is 1. The van der Waals surface area contributed by atoms with Gasteiger partial charge < -0.3 is 5.11 Å². The molecule has 0 saturated heterocycles. The molecule has 1 N–H and O–H groups in total. The summed E-state index contributed by atoms with van der Waals surface area (Å²) < 4.78 is 1.24. The van der Waals surface area contributed by atoms with E-state index < -0.39 is 16.8 Å². The molecule has 7 nitrogen and oxygen atoms in total. The van der Waals surface area contributed by atoms with E-state index >= 15 is 0 Å². The zero-order valence-electron chi connectivity index (χ0n) is 11.1. The van der Waals surface area contributed by atoms with Gasteiger partial charge in [-0.3, -0.25) is 19.6 Å². The molecule has 2 rings (SSSR count). The molecule has 0 aliphatic rings. The van der Waals surface area contributed by atoms with Crippen LogP contribution in [0.5, 0.6) is 0 Å². The van der Waals surface area contributed by atoms with Crippen molar-refractivity contribution in [1.29, 1.82) is 0 Å². The zero-order chi connectivity index (χ0) is 15.6. The lowest BCUT2D eigenvalue weighted by Gasteiger charge is -2.09. The minimum atomic E-state index is -1.16. The Morgan fingerprint density at radius 1 is 1.48 bits per heavy atom. The molecule has 0 spiro atoms. The highest BCUT2D eigenvalue weighted by Gasteiger charge is 2.31. The second-order valence-corrected chi connectivity index (χ2v) is 4.99. The minimum Gasteiger partial charge on any atom is -0.481 e. The Kier molecular flexibility index (Phi) is 4.23. The second-order valence-electron chi connectivity index (χ2n) is 4.55. The van der Waals surface area contributed by atoms with Gasteiger partial charge in [0.1, 0.15) is 12.1 Å². The van der Waals surface area contributed by atoms with Gasteiger partial charge >= 0.3 is 11.7 Å². The fraction of sp³-hybridized carbons (Fsp3) is 0.231. The first kappa shape index (κ1) is 15.0. The maximum absolute atomic E-state index is 11.5. The highest BCUT2D eigenvalue weighted by molar-refractivity contribution is 6.30. The molecule has 0 bridgehead atoms. The first-order chi connectivity index (χ1) is 9.88. The first-order valence-electron chi connectivity index (χ1n) is 6.03. The molecule has 0 fully saturated rings. The molecule has 110 valence electrons. The highest BCUT2D eigenvalue weighted by atomic mass is 35.5. The van der Waals surface area contributed by atoms with Crippen molar-refractivity contribution >= 4 is 23.3 Å². The largest absolute Gasteiger partial charge is 0.481 e. The second kappa shape index (κ2) is 5.92. The van der Waals surface area contributed by atoms with Crippen LogP contribution in [-0.4, -0.2) is 25.8 Å². The summed E-state index contributed by atoms with van der Waals surface area (Å²) in [4.78, 5) is 21.8. The van der Waals surface area contributed by atoms with Gasteiger partial charge in [-0.1, -0.05) is 23.7 Å². The van der Waals surface area contributed by atoms with Crippen molar-refractivity contribution in [3.05, 3.63) is 56.9 Å². The maximum atomic E-state index is 11.5. The number of carbonyl (C=O) groups is 1. The van der Waals surface area contributed by atoms with Gasteiger partial charge in [0, 0.05) is 12.1 Å². The summed E-state index contributed by atoms with van der Waals surface area (Å²) in [6, 6.07) is 6.66. The predicted octanol–water partition coefficient (Wildman–Crippen LogP) is 2.39. The van der Waals surface area contributed by atoms with Crippen molar-refractivity contribution in [3.63, 3.8) is 0 Å². The van der Waals surface area contributed by atoms with Gasteiger partial charge in [0.25, 0.3) is 0 Å². The molecule has 1 atom stereocenters. The van der Waals surface area contributed by atoms with E-state index in [4.69, 9.17) is 11.6 Å². The molecule has 1 aromatic heterocycles. The Labute approximate surface area is 124 Å². The van der Waals surface area contributed by atoms with Gasteiger partial charge in [-0.15, -0.1) is 0 Å². The fourth-order valence-corrected chi connectivity index (χ4v) is 2.17. The molecular formula is C13H12ClN3O4. The lowest BCUT2D eigenvalue weighted by molar-refractivity contribution is -0.385. The molecule has 1 heterocycles. The Morgan fingerprint density at radius 2 is 2.10 bits per heavy atom. The zero-order valence-corrected chi connectivity index (χ0v) is 11.8. The summed E-state index contributed by atoms with van der Waals surface area (Å²) in [5.41, 5.74) is 0.371. The van der Waals surface area contributed by atoms with Crippen LogP contribution in [0.3, 0.4) is 0 Å². The monoisotopic (exact) mass is 309 g/mol. The molecule has 1 unspecified atom stereocenters. The number of carboxylic acid groups (broad SMARTS) is 1. The summed E-state index contributed by atoms with van der Waals surface area (Å²) in [6.45, 7) is 0. The molecule has 0 aliphatic heterocycles. The van der Waals surface area contributed by atoms with E-state index in [1.807, 2.05) is 0 Å². The van der Waals surface area contributed by atoms with E-state index in [9.17, 15) is 20.0 Å². The first-order valence-corrected chi connectivity index (χ1v) is 6.41. The van der Waals surface area contributed by atoms with Crippen LogP contribution in [0.2, 0.25) is 5.02 Å². The van der Waals surface area contributed by atoms with Gasteiger partial charge in [-0.2, -0.15) is 5.10 Å². The third kappa shape index (κ3) is 3.38. The Morgan fingerprint density at radius 3 is 2.62 bits per heavy atom. The lowest BCUT2D eigenvalue weighted by Crippen LogP contribution is -2.16. The van der Waals surface area contributed by atoms with E-state index in [1.54, 1.807) is 24.3 Å². The molecular weight excluding hydrogens is 298 g/mol. The van der Waals surface area contributed by atoms with Gasteiger partial charge in [0.2, 0.25) is 0 Å². The van der Waals surface area contributed by atoms with Crippen molar-refractivity contribution in [3.8, 4) is 0 Å². The molecule has 2 aromatic rings. The van der Waals surface area contributed by atoms with Crippen molar-refractivity contribution < 1.29 is 14.8 Å². The number of aliphatic carboxylic acids is 1. The Bertz CT molecular complexity index is 681. The summed E-state index contributed by atoms with van der Waals surface area (Å²) in [6.07, 6.45) is 1.30. The molecule has 0 amide bonds. The van der Waals surface area contributed by atoms with Gasteiger partial charge in [0.05, 0.1) is 4.92 Å². The lowest BCUT2D eigenvalue weighted by atomic mass is 9.95. The van der Waals surface area contributed by atoms with E-state index in [1.165, 1.54) is 17.9 Å². The van der Waals surface area contributed by atoms with Crippen LogP contribution in [0.4, 0.5) is 5.69 Å². The van der Waals surface area contributed by atoms with Crippen LogP contribution >= 0.6 is 11.6 Å². The van der Waals surface area contributed by atoms with E-state index in [0.717, 1.165) is 0 Å². The van der Waals surface area contributed by atoms with Crippen LogP contribution in [0.1, 0.15) is 17.2 Å². The molecule has 1 aromatic carbocycles. The molecule has 0 radical (unpaired) electrons. The van der Waals surface area contributed by atoms with Crippen molar-refractivity contribution in [1.82, 2.24) is 9.78 Å². The van der Waals surface area contributed by atoms with Crippen molar-refractivity contribution in [2.45, 2.75) is 12.3 Å². The van der Waals surface area contributed by atoms with Crippen LogP contribution in [-0.2, 0) is 18.3 Å². The molecule has 0 saturated carbocycles. The number of nitro groups is 1. The number of rotatable bonds is 5. The number of aromatic nitrogens is 2. The summed E-state index contributed by atoms with van der Waals surface area (Å²) >= 11 is 5.78. The molecule has 21 heavy (non-hydrogen) atoms. The molecule has 8 heteroatoms. The number of hydrogen-bond donors (Lipinski definition) is 1.